The maximum absolute atomic E-state index is 11.1. The zero-order valence-corrected chi connectivity index (χ0v) is 9.71. The zero-order valence-electron chi connectivity index (χ0n) is 9.71. The molecule has 3 nitrogen and oxygen atoms in total. The van der Waals surface area contributed by atoms with Crippen molar-refractivity contribution in [1.82, 2.24) is 0 Å². The molecule has 0 spiro atoms. The first-order valence-electron chi connectivity index (χ1n) is 5.35. The number of carbonyl (C=O) groups is 1. The molecule has 0 aromatic rings. The van der Waals surface area contributed by atoms with E-state index in [1.165, 1.54) is 0 Å². The summed E-state index contributed by atoms with van der Waals surface area (Å²) in [5, 5.41) is 0. The van der Waals surface area contributed by atoms with Crippen LogP contribution in [-0.2, 0) is 14.3 Å². The molecule has 0 aliphatic carbocycles. The third-order valence-electron chi connectivity index (χ3n) is 2.16. The third kappa shape index (κ3) is 6.89. The minimum absolute atomic E-state index is 0.0725. The van der Waals surface area contributed by atoms with E-state index in [1.54, 1.807) is 0 Å². The van der Waals surface area contributed by atoms with Gasteiger partial charge >= 0.3 is 5.97 Å². The van der Waals surface area contributed by atoms with Crippen molar-refractivity contribution in [1.29, 1.82) is 0 Å². The average molecular weight is 202 g/mol. The molecule has 0 bridgehead atoms. The van der Waals surface area contributed by atoms with Crippen LogP contribution in [0.25, 0.3) is 0 Å². The highest BCUT2D eigenvalue weighted by molar-refractivity contribution is 5.70. The fourth-order valence-electron chi connectivity index (χ4n) is 0.764. The summed E-state index contributed by atoms with van der Waals surface area (Å²) in [7, 11) is 0. The van der Waals surface area contributed by atoms with Crippen LogP contribution in [0.15, 0.2) is 0 Å². The zero-order chi connectivity index (χ0) is 11.0. The van der Waals surface area contributed by atoms with Crippen LogP contribution in [0, 0.1) is 5.92 Å². The second-order valence-corrected chi connectivity index (χ2v) is 3.83. The molecule has 0 aromatic carbocycles. The normalized spacial score (nSPS) is 12.9. The molecule has 1 unspecified atom stereocenters. The number of unbranched alkanes of at least 4 members (excludes halogenated alkanes) is 1. The lowest BCUT2D eigenvalue weighted by Crippen LogP contribution is -2.21. The number of esters is 1. The Hall–Kier alpha value is -0.570. The first-order valence-corrected chi connectivity index (χ1v) is 5.35. The molecule has 84 valence electrons. The average Bonchev–Trinajstić information content (AvgIpc) is 2.14. The van der Waals surface area contributed by atoms with Gasteiger partial charge in [0.2, 0.25) is 0 Å². The first-order chi connectivity index (χ1) is 6.57. The highest BCUT2D eigenvalue weighted by Crippen LogP contribution is 2.04. The molecule has 0 radical (unpaired) electrons. The van der Waals surface area contributed by atoms with Gasteiger partial charge in [0.05, 0.1) is 12.7 Å². The van der Waals surface area contributed by atoms with Gasteiger partial charge in [0.1, 0.15) is 6.61 Å². The summed E-state index contributed by atoms with van der Waals surface area (Å²) < 4.78 is 10.3. The Morgan fingerprint density at radius 1 is 1.29 bits per heavy atom. The molecule has 0 rings (SSSR count). The number of carbonyl (C=O) groups excluding carboxylic acids is 1. The summed E-state index contributed by atoms with van der Waals surface area (Å²) in [6.45, 7) is 8.73. The minimum Gasteiger partial charge on any atom is -0.464 e. The number of ether oxygens (including phenoxy) is 2. The first kappa shape index (κ1) is 13.4. The molecule has 0 heterocycles. The van der Waals surface area contributed by atoms with Crippen molar-refractivity contribution in [2.45, 2.75) is 46.6 Å². The van der Waals surface area contributed by atoms with E-state index in [0.717, 1.165) is 12.8 Å². The van der Waals surface area contributed by atoms with E-state index >= 15 is 0 Å². The summed E-state index contributed by atoms with van der Waals surface area (Å²) in [5.74, 6) is 0.171. The molecular weight excluding hydrogens is 180 g/mol. The van der Waals surface area contributed by atoms with Gasteiger partial charge in [-0.15, -0.1) is 0 Å². The smallest absolute Gasteiger partial charge is 0.332 e. The van der Waals surface area contributed by atoms with Gasteiger partial charge in [-0.1, -0.05) is 27.2 Å². The molecule has 0 aromatic heterocycles. The van der Waals surface area contributed by atoms with Crippen LogP contribution >= 0.6 is 0 Å². The van der Waals surface area contributed by atoms with Gasteiger partial charge in [0.25, 0.3) is 0 Å². The van der Waals surface area contributed by atoms with Crippen LogP contribution in [0.4, 0.5) is 0 Å². The summed E-state index contributed by atoms with van der Waals surface area (Å²) in [6.07, 6.45) is 2.07. The highest BCUT2D eigenvalue weighted by Gasteiger charge is 2.10. The summed E-state index contributed by atoms with van der Waals surface area (Å²) in [4.78, 5) is 11.1. The molecule has 0 aliphatic heterocycles. The second kappa shape index (κ2) is 7.80. The van der Waals surface area contributed by atoms with E-state index in [-0.39, 0.29) is 18.7 Å². The molecule has 0 saturated heterocycles. The van der Waals surface area contributed by atoms with E-state index in [9.17, 15) is 4.79 Å². The maximum atomic E-state index is 11.1. The van der Waals surface area contributed by atoms with Gasteiger partial charge in [-0.05, 0) is 19.3 Å². The lowest BCUT2D eigenvalue weighted by molar-refractivity contribution is -0.151. The highest BCUT2D eigenvalue weighted by atomic mass is 16.6. The lowest BCUT2D eigenvalue weighted by Gasteiger charge is -2.15. The van der Waals surface area contributed by atoms with Crippen LogP contribution in [-0.4, -0.2) is 25.3 Å². The van der Waals surface area contributed by atoms with Gasteiger partial charge in [-0.25, -0.2) is 4.79 Å². The van der Waals surface area contributed by atoms with Crippen LogP contribution in [0.1, 0.15) is 40.5 Å². The molecule has 0 aliphatic rings. The fraction of sp³-hybridized carbons (Fsp3) is 0.909. The summed E-state index contributed by atoms with van der Waals surface area (Å²) >= 11 is 0. The summed E-state index contributed by atoms with van der Waals surface area (Å²) in [6, 6.07) is 0. The minimum atomic E-state index is -0.258. The SMILES string of the molecule is CCCCOC(=O)COC(C)C(C)C. The molecular formula is C11H22O3. The van der Waals surface area contributed by atoms with Gasteiger partial charge in [-0.2, -0.15) is 0 Å². The summed E-state index contributed by atoms with van der Waals surface area (Å²) in [5.41, 5.74) is 0. The Morgan fingerprint density at radius 2 is 1.93 bits per heavy atom. The standard InChI is InChI=1S/C11H22O3/c1-5-6-7-13-11(12)8-14-10(4)9(2)3/h9-10H,5-8H2,1-4H3. The molecule has 14 heavy (non-hydrogen) atoms. The van der Waals surface area contributed by atoms with Crippen LogP contribution in [0.2, 0.25) is 0 Å². The van der Waals surface area contributed by atoms with Crippen molar-refractivity contribution >= 4 is 5.97 Å². The van der Waals surface area contributed by atoms with Gasteiger partial charge in [-0.3, -0.25) is 0 Å². The van der Waals surface area contributed by atoms with Gasteiger partial charge in [0.15, 0.2) is 0 Å². The molecule has 0 saturated carbocycles. The van der Waals surface area contributed by atoms with E-state index in [2.05, 4.69) is 20.8 Å². The van der Waals surface area contributed by atoms with E-state index in [1.807, 2.05) is 6.92 Å². The Morgan fingerprint density at radius 3 is 2.43 bits per heavy atom. The van der Waals surface area contributed by atoms with Crippen molar-refractivity contribution in [2.75, 3.05) is 13.2 Å². The number of hydrogen-bond acceptors (Lipinski definition) is 3. The van der Waals surface area contributed by atoms with Crippen molar-refractivity contribution < 1.29 is 14.3 Å². The topological polar surface area (TPSA) is 35.5 Å². The lowest BCUT2D eigenvalue weighted by atomic mass is 10.1. The predicted molar refractivity (Wildman–Crippen MR) is 56.1 cm³/mol. The van der Waals surface area contributed by atoms with E-state index < -0.39 is 0 Å². The molecule has 0 fully saturated rings. The second-order valence-electron chi connectivity index (χ2n) is 3.83. The van der Waals surface area contributed by atoms with Crippen molar-refractivity contribution in [3.8, 4) is 0 Å². The Kier molecular flexibility index (Phi) is 7.48. The molecule has 3 heteroatoms. The van der Waals surface area contributed by atoms with Crippen molar-refractivity contribution in [3.63, 3.8) is 0 Å². The predicted octanol–water partition coefficient (Wildman–Crippen LogP) is 2.39. The van der Waals surface area contributed by atoms with Crippen LogP contribution in [0.5, 0.6) is 0 Å². The van der Waals surface area contributed by atoms with Gasteiger partial charge < -0.3 is 9.47 Å². The Labute approximate surface area is 86.8 Å². The van der Waals surface area contributed by atoms with Crippen LogP contribution in [0.3, 0.4) is 0 Å². The van der Waals surface area contributed by atoms with Crippen molar-refractivity contribution in [3.05, 3.63) is 0 Å². The van der Waals surface area contributed by atoms with E-state index in [4.69, 9.17) is 9.47 Å². The largest absolute Gasteiger partial charge is 0.464 e. The quantitative estimate of drug-likeness (QED) is 0.469. The maximum Gasteiger partial charge on any atom is 0.332 e. The fourth-order valence-corrected chi connectivity index (χ4v) is 0.764. The third-order valence-corrected chi connectivity index (χ3v) is 2.16. The van der Waals surface area contributed by atoms with E-state index in [0.29, 0.717) is 12.5 Å². The van der Waals surface area contributed by atoms with Crippen LogP contribution < -0.4 is 0 Å². The Bertz CT molecular complexity index is 155. The molecule has 0 N–H and O–H groups in total. The number of rotatable bonds is 7. The van der Waals surface area contributed by atoms with Gasteiger partial charge in [0, 0.05) is 0 Å². The molecule has 0 amide bonds. The molecule has 1 atom stereocenters. The monoisotopic (exact) mass is 202 g/mol. The number of hydrogen-bond donors (Lipinski definition) is 0. The Balaban J connectivity index is 3.44. The van der Waals surface area contributed by atoms with Crippen molar-refractivity contribution in [2.24, 2.45) is 5.92 Å².